The van der Waals surface area contributed by atoms with E-state index in [1.54, 1.807) is 0 Å². The average Bonchev–Trinajstić information content (AvgIpc) is 2.46. The largest absolute Gasteiger partial charge is 0.356 e. The van der Waals surface area contributed by atoms with E-state index in [9.17, 15) is 4.79 Å². The van der Waals surface area contributed by atoms with Crippen LogP contribution in [0.15, 0.2) is 0 Å². The van der Waals surface area contributed by atoms with Crippen molar-refractivity contribution in [3.8, 4) is 0 Å². The monoisotopic (exact) mass is 281 g/mol. The normalized spacial score (nSPS) is 24.5. The topological polar surface area (TPSA) is 44.4 Å². The van der Waals surface area contributed by atoms with E-state index in [1.165, 1.54) is 25.9 Å². The van der Waals surface area contributed by atoms with Crippen LogP contribution in [-0.4, -0.2) is 50.1 Å². The van der Waals surface area contributed by atoms with Crippen LogP contribution >= 0.6 is 0 Å². The summed E-state index contributed by atoms with van der Waals surface area (Å²) in [5.41, 5.74) is 0.528. The van der Waals surface area contributed by atoms with E-state index in [4.69, 9.17) is 0 Å². The molecule has 0 radical (unpaired) electrons. The zero-order valence-corrected chi connectivity index (χ0v) is 13.2. The molecule has 4 nitrogen and oxygen atoms in total. The lowest BCUT2D eigenvalue weighted by Crippen LogP contribution is -2.40. The molecule has 2 rings (SSSR count). The first kappa shape index (κ1) is 15.8. The summed E-state index contributed by atoms with van der Waals surface area (Å²) in [6.45, 7) is 11.1. The van der Waals surface area contributed by atoms with Gasteiger partial charge in [0.25, 0.3) is 0 Å². The lowest BCUT2D eigenvalue weighted by Gasteiger charge is -2.36. The number of hydrogen-bond donors (Lipinski definition) is 2. The van der Waals surface area contributed by atoms with Gasteiger partial charge < -0.3 is 15.5 Å². The summed E-state index contributed by atoms with van der Waals surface area (Å²) in [4.78, 5) is 14.5. The van der Waals surface area contributed by atoms with Crippen molar-refractivity contribution < 1.29 is 4.79 Å². The molecule has 2 saturated heterocycles. The van der Waals surface area contributed by atoms with Gasteiger partial charge >= 0.3 is 0 Å². The maximum Gasteiger partial charge on any atom is 0.223 e. The molecule has 2 fully saturated rings. The fourth-order valence-corrected chi connectivity index (χ4v) is 3.12. The van der Waals surface area contributed by atoms with Gasteiger partial charge in [0.05, 0.1) is 0 Å². The second-order valence-electron chi connectivity index (χ2n) is 7.17. The van der Waals surface area contributed by atoms with E-state index in [2.05, 4.69) is 29.4 Å². The smallest absolute Gasteiger partial charge is 0.223 e. The number of likely N-dealkylation sites (tertiary alicyclic amines) is 1. The molecular weight excluding hydrogens is 250 g/mol. The number of carbonyl (C=O) groups excluding carboxylic acids is 1. The summed E-state index contributed by atoms with van der Waals surface area (Å²) >= 11 is 0. The van der Waals surface area contributed by atoms with Gasteiger partial charge in [-0.1, -0.05) is 13.8 Å². The number of amides is 1. The Kier molecular flexibility index (Phi) is 5.85. The van der Waals surface area contributed by atoms with Gasteiger partial charge in [0.15, 0.2) is 0 Å². The number of piperidine rings is 2. The number of rotatable bonds is 5. The molecule has 4 heteroatoms. The summed E-state index contributed by atoms with van der Waals surface area (Å²) in [6, 6.07) is 0. The number of hydrogen-bond acceptors (Lipinski definition) is 3. The highest BCUT2D eigenvalue weighted by atomic mass is 16.1. The van der Waals surface area contributed by atoms with Gasteiger partial charge in [-0.15, -0.1) is 0 Å². The molecule has 20 heavy (non-hydrogen) atoms. The van der Waals surface area contributed by atoms with Crippen LogP contribution in [0.4, 0.5) is 0 Å². The van der Waals surface area contributed by atoms with Crippen LogP contribution in [0.25, 0.3) is 0 Å². The van der Waals surface area contributed by atoms with Gasteiger partial charge in [0.2, 0.25) is 5.91 Å². The summed E-state index contributed by atoms with van der Waals surface area (Å²) in [5, 5.41) is 6.41. The van der Waals surface area contributed by atoms with Crippen LogP contribution in [0.3, 0.4) is 0 Å². The van der Waals surface area contributed by atoms with E-state index in [0.717, 1.165) is 45.4 Å². The van der Waals surface area contributed by atoms with Crippen molar-refractivity contribution >= 4 is 5.91 Å². The van der Waals surface area contributed by atoms with Crippen LogP contribution in [0.2, 0.25) is 0 Å². The molecule has 0 aromatic carbocycles. The van der Waals surface area contributed by atoms with Crippen molar-refractivity contribution in [3.63, 3.8) is 0 Å². The van der Waals surface area contributed by atoms with Gasteiger partial charge in [-0.2, -0.15) is 0 Å². The van der Waals surface area contributed by atoms with Gasteiger partial charge in [-0.05, 0) is 70.2 Å². The fourth-order valence-electron chi connectivity index (χ4n) is 3.12. The first-order chi connectivity index (χ1) is 9.57. The van der Waals surface area contributed by atoms with Gasteiger partial charge in [0.1, 0.15) is 0 Å². The van der Waals surface area contributed by atoms with Gasteiger partial charge in [-0.25, -0.2) is 0 Å². The molecule has 1 amide bonds. The van der Waals surface area contributed by atoms with Crippen molar-refractivity contribution in [2.24, 2.45) is 11.3 Å². The highest BCUT2D eigenvalue weighted by Crippen LogP contribution is 2.29. The Hall–Kier alpha value is -0.610. The van der Waals surface area contributed by atoms with E-state index >= 15 is 0 Å². The molecule has 116 valence electrons. The molecule has 0 atom stereocenters. The lowest BCUT2D eigenvalue weighted by molar-refractivity contribution is -0.125. The van der Waals surface area contributed by atoms with Gasteiger partial charge in [0, 0.05) is 12.5 Å². The predicted molar refractivity (Wildman–Crippen MR) is 82.7 cm³/mol. The van der Waals surface area contributed by atoms with Crippen molar-refractivity contribution in [2.45, 2.75) is 46.0 Å². The molecule has 0 spiro atoms. The molecule has 0 saturated carbocycles. The second-order valence-corrected chi connectivity index (χ2v) is 7.17. The lowest BCUT2D eigenvalue weighted by atomic mass is 9.83. The predicted octanol–water partition coefficient (Wildman–Crippen LogP) is 1.61. The second kappa shape index (κ2) is 7.41. The van der Waals surface area contributed by atoms with Crippen molar-refractivity contribution in [1.29, 1.82) is 0 Å². The summed E-state index contributed by atoms with van der Waals surface area (Å²) in [6.07, 6.45) is 5.67. The third-order valence-electron chi connectivity index (χ3n) is 4.87. The van der Waals surface area contributed by atoms with Crippen LogP contribution in [-0.2, 0) is 4.79 Å². The van der Waals surface area contributed by atoms with Crippen LogP contribution in [0.1, 0.15) is 46.0 Å². The van der Waals surface area contributed by atoms with E-state index in [1.807, 2.05) is 0 Å². The molecule has 2 aliphatic rings. The van der Waals surface area contributed by atoms with E-state index in [-0.39, 0.29) is 11.8 Å². The Morgan fingerprint density at radius 1 is 1.25 bits per heavy atom. The Balaban J connectivity index is 1.54. The van der Waals surface area contributed by atoms with Crippen molar-refractivity contribution in [1.82, 2.24) is 15.5 Å². The Morgan fingerprint density at radius 3 is 2.55 bits per heavy atom. The minimum atomic E-state index is 0.243. The summed E-state index contributed by atoms with van der Waals surface area (Å²) < 4.78 is 0. The quantitative estimate of drug-likeness (QED) is 0.753. The first-order valence-corrected chi connectivity index (χ1v) is 8.28. The minimum absolute atomic E-state index is 0.243. The zero-order chi connectivity index (χ0) is 14.4. The highest BCUT2D eigenvalue weighted by Gasteiger charge is 2.25. The molecule has 0 unspecified atom stereocenters. The minimum Gasteiger partial charge on any atom is -0.356 e. The Morgan fingerprint density at radius 2 is 1.90 bits per heavy atom. The van der Waals surface area contributed by atoms with Crippen molar-refractivity contribution in [3.05, 3.63) is 0 Å². The molecular formula is C16H31N3O. The zero-order valence-electron chi connectivity index (χ0n) is 13.2. The first-order valence-electron chi connectivity index (χ1n) is 8.28. The van der Waals surface area contributed by atoms with Crippen LogP contribution in [0, 0.1) is 11.3 Å². The highest BCUT2D eigenvalue weighted by molar-refractivity contribution is 5.78. The molecule has 0 aromatic rings. The Bertz CT molecular complexity index is 301. The molecule has 2 N–H and O–H groups in total. The maximum atomic E-state index is 12.0. The third kappa shape index (κ3) is 5.06. The standard InChI is InChI=1S/C16H31N3O/c1-16(2)6-12-19(13-7-16)11-3-8-18-15(20)14-4-9-17-10-5-14/h14,17H,3-13H2,1-2H3,(H,18,20). The number of carbonyl (C=O) groups is 1. The SMILES string of the molecule is CC1(C)CCN(CCCNC(=O)C2CCNCC2)CC1. The molecule has 0 bridgehead atoms. The molecule has 2 heterocycles. The molecule has 0 aromatic heterocycles. The van der Waals surface area contributed by atoms with Gasteiger partial charge in [-0.3, -0.25) is 4.79 Å². The van der Waals surface area contributed by atoms with Crippen LogP contribution < -0.4 is 10.6 Å². The van der Waals surface area contributed by atoms with E-state index < -0.39 is 0 Å². The Labute approximate surface area is 123 Å². The number of nitrogens with one attached hydrogen (secondary N) is 2. The third-order valence-corrected chi connectivity index (χ3v) is 4.87. The summed E-state index contributed by atoms with van der Waals surface area (Å²) in [5.74, 6) is 0.512. The fraction of sp³-hybridized carbons (Fsp3) is 0.938. The van der Waals surface area contributed by atoms with Crippen LogP contribution in [0.5, 0.6) is 0 Å². The molecule has 0 aliphatic carbocycles. The maximum absolute atomic E-state index is 12.0. The summed E-state index contributed by atoms with van der Waals surface area (Å²) in [7, 11) is 0. The average molecular weight is 281 g/mol. The number of nitrogens with zero attached hydrogens (tertiary/aromatic N) is 1. The molecule has 2 aliphatic heterocycles. The van der Waals surface area contributed by atoms with Crippen molar-refractivity contribution in [2.75, 3.05) is 39.3 Å². The van der Waals surface area contributed by atoms with E-state index in [0.29, 0.717) is 5.41 Å².